The number of nitrogens with zero attached hydrogens (tertiary/aromatic N) is 1. The molecular formula is C23H25N. The van der Waals surface area contributed by atoms with Gasteiger partial charge in [-0.05, 0) is 97.3 Å². The first-order valence-corrected chi connectivity index (χ1v) is 9.89. The molecule has 0 N–H and O–H groups in total. The van der Waals surface area contributed by atoms with Crippen molar-refractivity contribution in [3.8, 4) is 11.3 Å². The molecule has 1 nitrogen and oxygen atoms in total. The summed E-state index contributed by atoms with van der Waals surface area (Å²) in [6.07, 6.45) is 13.4. The maximum atomic E-state index is 4.81. The van der Waals surface area contributed by atoms with E-state index in [0.717, 1.165) is 11.8 Å². The van der Waals surface area contributed by atoms with Gasteiger partial charge in [0.05, 0.1) is 5.69 Å². The zero-order chi connectivity index (χ0) is 15.8. The van der Waals surface area contributed by atoms with Crippen LogP contribution < -0.4 is 0 Å². The Morgan fingerprint density at radius 3 is 1.71 bits per heavy atom. The van der Waals surface area contributed by atoms with E-state index in [-0.39, 0.29) is 0 Å². The van der Waals surface area contributed by atoms with Crippen molar-refractivity contribution in [2.75, 3.05) is 0 Å². The van der Waals surface area contributed by atoms with Crippen molar-refractivity contribution in [1.29, 1.82) is 0 Å². The molecule has 0 saturated heterocycles. The minimum atomic E-state index is 0.502. The molecule has 0 bridgehead atoms. The van der Waals surface area contributed by atoms with Crippen LogP contribution in [0.2, 0.25) is 0 Å². The van der Waals surface area contributed by atoms with Gasteiger partial charge < -0.3 is 0 Å². The van der Waals surface area contributed by atoms with Crippen molar-refractivity contribution in [1.82, 2.24) is 4.98 Å². The topological polar surface area (TPSA) is 12.9 Å². The number of pyridine rings is 1. The SMILES string of the molecule is c1ccc(-c2c(C3(C4CC4)CC3)cccc2C2(C3CC3)CC2)nc1. The molecule has 0 radical (unpaired) electrons. The highest BCUT2D eigenvalue weighted by Gasteiger charge is 2.59. The largest absolute Gasteiger partial charge is 0.256 e. The zero-order valence-electron chi connectivity index (χ0n) is 14.3. The van der Waals surface area contributed by atoms with E-state index >= 15 is 0 Å². The van der Waals surface area contributed by atoms with E-state index in [1.165, 1.54) is 62.6 Å². The van der Waals surface area contributed by atoms with Gasteiger partial charge in [0.25, 0.3) is 0 Å². The molecule has 122 valence electrons. The maximum Gasteiger partial charge on any atom is 0.0707 e. The Balaban J connectivity index is 1.59. The second-order valence-electron chi connectivity index (χ2n) is 8.80. The summed E-state index contributed by atoms with van der Waals surface area (Å²) in [5.74, 6) is 1.90. The van der Waals surface area contributed by atoms with Gasteiger partial charge in [0, 0.05) is 11.8 Å². The molecule has 1 heterocycles. The van der Waals surface area contributed by atoms with Crippen LogP contribution in [0.25, 0.3) is 11.3 Å². The van der Waals surface area contributed by atoms with Crippen LogP contribution in [0.1, 0.15) is 62.5 Å². The Labute approximate surface area is 144 Å². The van der Waals surface area contributed by atoms with Crippen LogP contribution in [-0.4, -0.2) is 4.98 Å². The molecule has 1 heteroatoms. The summed E-state index contributed by atoms with van der Waals surface area (Å²) in [6, 6.07) is 13.7. The van der Waals surface area contributed by atoms with E-state index in [2.05, 4.69) is 30.3 Å². The van der Waals surface area contributed by atoms with Crippen molar-refractivity contribution in [3.05, 3.63) is 53.7 Å². The second-order valence-corrected chi connectivity index (χ2v) is 8.80. The smallest absolute Gasteiger partial charge is 0.0707 e. The fourth-order valence-corrected chi connectivity index (χ4v) is 5.50. The van der Waals surface area contributed by atoms with Crippen LogP contribution in [-0.2, 0) is 10.8 Å². The normalized spacial score (nSPS) is 26.2. The quantitative estimate of drug-likeness (QED) is 0.696. The highest BCUT2D eigenvalue weighted by Crippen LogP contribution is 2.67. The summed E-state index contributed by atoms with van der Waals surface area (Å²) < 4.78 is 0. The summed E-state index contributed by atoms with van der Waals surface area (Å²) in [7, 11) is 0. The van der Waals surface area contributed by atoms with Gasteiger partial charge in [-0.25, -0.2) is 0 Å². The van der Waals surface area contributed by atoms with Crippen molar-refractivity contribution in [2.24, 2.45) is 11.8 Å². The Morgan fingerprint density at radius 2 is 1.29 bits per heavy atom. The van der Waals surface area contributed by atoms with Crippen molar-refractivity contribution < 1.29 is 0 Å². The fraction of sp³-hybridized carbons (Fsp3) is 0.522. The Kier molecular flexibility index (Phi) is 2.56. The third-order valence-corrected chi connectivity index (χ3v) is 7.35. The van der Waals surface area contributed by atoms with E-state index in [0.29, 0.717) is 10.8 Å². The van der Waals surface area contributed by atoms with Gasteiger partial charge in [-0.2, -0.15) is 0 Å². The first kappa shape index (κ1) is 13.6. The van der Waals surface area contributed by atoms with Crippen molar-refractivity contribution in [2.45, 2.75) is 62.2 Å². The Morgan fingerprint density at radius 1 is 0.708 bits per heavy atom. The first-order valence-electron chi connectivity index (χ1n) is 9.89. The lowest BCUT2D eigenvalue weighted by Crippen LogP contribution is -2.17. The third-order valence-electron chi connectivity index (χ3n) is 7.35. The lowest BCUT2D eigenvalue weighted by atomic mass is 9.78. The predicted octanol–water partition coefficient (Wildman–Crippen LogP) is 5.63. The monoisotopic (exact) mass is 315 g/mol. The van der Waals surface area contributed by atoms with E-state index < -0.39 is 0 Å². The number of benzene rings is 1. The average Bonchev–Trinajstić information content (AvgIpc) is 3.50. The minimum Gasteiger partial charge on any atom is -0.256 e. The van der Waals surface area contributed by atoms with E-state index in [4.69, 9.17) is 4.98 Å². The van der Waals surface area contributed by atoms with Crippen LogP contribution in [0.3, 0.4) is 0 Å². The van der Waals surface area contributed by atoms with E-state index in [1.54, 1.807) is 11.1 Å². The van der Waals surface area contributed by atoms with Gasteiger partial charge in [0.15, 0.2) is 0 Å². The highest BCUT2D eigenvalue weighted by molar-refractivity contribution is 5.73. The van der Waals surface area contributed by atoms with Gasteiger partial charge in [-0.1, -0.05) is 24.3 Å². The highest BCUT2D eigenvalue weighted by atomic mass is 14.7. The molecule has 0 aliphatic heterocycles. The summed E-state index contributed by atoms with van der Waals surface area (Å²) in [5, 5.41) is 0. The van der Waals surface area contributed by atoms with Crippen LogP contribution in [0.4, 0.5) is 0 Å². The lowest BCUT2D eigenvalue weighted by molar-refractivity contribution is 0.580. The van der Waals surface area contributed by atoms with Crippen LogP contribution in [0.5, 0.6) is 0 Å². The first-order chi connectivity index (χ1) is 11.8. The fourth-order valence-electron chi connectivity index (χ4n) is 5.50. The molecule has 4 aliphatic carbocycles. The Hall–Kier alpha value is -1.63. The molecule has 4 fully saturated rings. The van der Waals surface area contributed by atoms with Gasteiger partial charge in [0.2, 0.25) is 0 Å². The van der Waals surface area contributed by atoms with Crippen molar-refractivity contribution >= 4 is 0 Å². The van der Waals surface area contributed by atoms with E-state index in [1.807, 2.05) is 12.3 Å². The molecule has 2 aromatic rings. The number of hydrogen-bond donors (Lipinski definition) is 0. The molecule has 4 saturated carbocycles. The van der Waals surface area contributed by atoms with Gasteiger partial charge >= 0.3 is 0 Å². The second kappa shape index (κ2) is 4.50. The zero-order valence-corrected chi connectivity index (χ0v) is 14.3. The summed E-state index contributed by atoms with van der Waals surface area (Å²) >= 11 is 0. The molecule has 1 aromatic heterocycles. The molecular weight excluding hydrogens is 290 g/mol. The third kappa shape index (κ3) is 1.84. The van der Waals surface area contributed by atoms with Crippen LogP contribution >= 0.6 is 0 Å². The molecule has 4 aliphatic rings. The Bertz CT molecular complexity index is 744. The molecule has 6 rings (SSSR count). The van der Waals surface area contributed by atoms with Crippen LogP contribution in [0, 0.1) is 11.8 Å². The standard InChI is InChI=1S/C23H25N/c1-2-15-24-20(6-1)21-18(22(11-12-22)16-7-8-16)4-3-5-19(21)23(13-14-23)17-9-10-17/h1-6,15-17H,7-14H2. The lowest BCUT2D eigenvalue weighted by Gasteiger charge is -2.26. The molecule has 0 spiro atoms. The van der Waals surface area contributed by atoms with Gasteiger partial charge in [-0.3, -0.25) is 4.98 Å². The minimum absolute atomic E-state index is 0.502. The molecule has 0 unspecified atom stereocenters. The number of hydrogen-bond acceptors (Lipinski definition) is 1. The van der Waals surface area contributed by atoms with Gasteiger partial charge in [0.1, 0.15) is 0 Å². The number of aromatic nitrogens is 1. The molecule has 24 heavy (non-hydrogen) atoms. The van der Waals surface area contributed by atoms with E-state index in [9.17, 15) is 0 Å². The predicted molar refractivity (Wildman–Crippen MR) is 96.9 cm³/mol. The molecule has 0 atom stereocenters. The van der Waals surface area contributed by atoms with Crippen molar-refractivity contribution in [3.63, 3.8) is 0 Å². The molecule has 1 aromatic carbocycles. The number of rotatable bonds is 5. The average molecular weight is 315 g/mol. The maximum absolute atomic E-state index is 4.81. The molecule has 0 amide bonds. The summed E-state index contributed by atoms with van der Waals surface area (Å²) in [6.45, 7) is 0. The van der Waals surface area contributed by atoms with Crippen LogP contribution in [0.15, 0.2) is 42.6 Å². The summed E-state index contributed by atoms with van der Waals surface area (Å²) in [5.41, 5.74) is 7.06. The van der Waals surface area contributed by atoms with Gasteiger partial charge in [-0.15, -0.1) is 0 Å². The summed E-state index contributed by atoms with van der Waals surface area (Å²) in [4.78, 5) is 4.81.